The average molecular weight is 247 g/mol. The van der Waals surface area contributed by atoms with E-state index in [9.17, 15) is 4.39 Å². The topological polar surface area (TPSA) is 25.2 Å². The van der Waals surface area contributed by atoms with Gasteiger partial charge in [0.1, 0.15) is 5.76 Å². The Kier molecular flexibility index (Phi) is 3.08. The van der Waals surface area contributed by atoms with E-state index in [1.54, 1.807) is 6.07 Å². The van der Waals surface area contributed by atoms with Crippen LogP contribution in [-0.2, 0) is 0 Å². The summed E-state index contributed by atoms with van der Waals surface area (Å²) in [5, 5.41) is 4.35. The summed E-state index contributed by atoms with van der Waals surface area (Å²) in [5.74, 6) is 1.11. The summed E-state index contributed by atoms with van der Waals surface area (Å²) >= 11 is 0. The third kappa shape index (κ3) is 2.03. The summed E-state index contributed by atoms with van der Waals surface area (Å²) in [4.78, 5) is 0. The third-order valence-electron chi connectivity index (χ3n) is 3.84. The Labute approximate surface area is 106 Å². The van der Waals surface area contributed by atoms with Crippen LogP contribution in [0.3, 0.4) is 0 Å². The molecule has 1 heterocycles. The SMILES string of the molecule is CCNC1CCC(c2cc3cccc(F)c3o2)C1. The number of nitrogens with one attached hydrogen (secondary N) is 1. The van der Waals surface area contributed by atoms with Gasteiger partial charge in [-0.2, -0.15) is 0 Å². The molecule has 2 atom stereocenters. The van der Waals surface area contributed by atoms with Crippen molar-refractivity contribution in [2.24, 2.45) is 0 Å². The Bertz CT molecular complexity index is 548. The highest BCUT2D eigenvalue weighted by Gasteiger charge is 2.27. The van der Waals surface area contributed by atoms with Gasteiger partial charge in [0.15, 0.2) is 11.4 Å². The number of rotatable bonds is 3. The first-order valence-corrected chi connectivity index (χ1v) is 6.69. The Hall–Kier alpha value is -1.35. The molecule has 96 valence electrons. The van der Waals surface area contributed by atoms with E-state index >= 15 is 0 Å². The molecule has 1 saturated carbocycles. The molecule has 2 nitrogen and oxygen atoms in total. The lowest BCUT2D eigenvalue weighted by Gasteiger charge is -2.09. The standard InChI is InChI=1S/C15H18FNO/c1-2-17-12-7-6-10(8-12)14-9-11-4-3-5-13(16)15(11)18-14/h3-5,9-10,12,17H,2,6-8H2,1H3. The molecular weight excluding hydrogens is 229 g/mol. The third-order valence-corrected chi connectivity index (χ3v) is 3.84. The van der Waals surface area contributed by atoms with E-state index < -0.39 is 0 Å². The van der Waals surface area contributed by atoms with Crippen molar-refractivity contribution >= 4 is 11.0 Å². The lowest BCUT2D eigenvalue weighted by Crippen LogP contribution is -2.25. The van der Waals surface area contributed by atoms with Crippen molar-refractivity contribution in [1.82, 2.24) is 5.32 Å². The van der Waals surface area contributed by atoms with Gasteiger partial charge in [-0.1, -0.05) is 19.1 Å². The van der Waals surface area contributed by atoms with Crippen LogP contribution in [0.5, 0.6) is 0 Å². The van der Waals surface area contributed by atoms with Crippen molar-refractivity contribution < 1.29 is 8.81 Å². The summed E-state index contributed by atoms with van der Waals surface area (Å²) in [5.41, 5.74) is 0.402. The predicted molar refractivity (Wildman–Crippen MR) is 70.2 cm³/mol. The molecule has 0 saturated heterocycles. The molecule has 1 aromatic heterocycles. The van der Waals surface area contributed by atoms with Gasteiger partial charge in [-0.15, -0.1) is 0 Å². The van der Waals surface area contributed by atoms with Gasteiger partial charge in [-0.3, -0.25) is 0 Å². The van der Waals surface area contributed by atoms with Crippen molar-refractivity contribution in [2.45, 2.75) is 38.1 Å². The Morgan fingerprint density at radius 2 is 2.28 bits per heavy atom. The minimum atomic E-state index is -0.264. The van der Waals surface area contributed by atoms with E-state index in [1.807, 2.05) is 12.1 Å². The zero-order valence-electron chi connectivity index (χ0n) is 10.6. The fourth-order valence-corrected chi connectivity index (χ4v) is 2.96. The number of halogens is 1. The molecule has 0 bridgehead atoms. The number of hydrogen-bond donors (Lipinski definition) is 1. The van der Waals surface area contributed by atoms with Crippen LogP contribution in [0.25, 0.3) is 11.0 Å². The molecule has 3 heteroatoms. The van der Waals surface area contributed by atoms with E-state index in [0.717, 1.165) is 30.5 Å². The number of hydrogen-bond acceptors (Lipinski definition) is 2. The number of furan rings is 1. The van der Waals surface area contributed by atoms with Crippen LogP contribution in [0.15, 0.2) is 28.7 Å². The summed E-state index contributed by atoms with van der Waals surface area (Å²) in [7, 11) is 0. The lowest BCUT2D eigenvalue weighted by atomic mass is 10.0. The van der Waals surface area contributed by atoms with Gasteiger partial charge in [-0.05, 0) is 37.9 Å². The highest BCUT2D eigenvalue weighted by atomic mass is 19.1. The van der Waals surface area contributed by atoms with Crippen molar-refractivity contribution in [1.29, 1.82) is 0 Å². The van der Waals surface area contributed by atoms with Crippen molar-refractivity contribution in [3.05, 3.63) is 35.8 Å². The Morgan fingerprint density at radius 3 is 3.06 bits per heavy atom. The van der Waals surface area contributed by atoms with E-state index in [0.29, 0.717) is 17.5 Å². The average Bonchev–Trinajstić information content (AvgIpc) is 2.96. The van der Waals surface area contributed by atoms with Gasteiger partial charge in [0.25, 0.3) is 0 Å². The minimum Gasteiger partial charge on any atom is -0.458 e. The maximum Gasteiger partial charge on any atom is 0.169 e. The molecule has 0 spiro atoms. The maximum absolute atomic E-state index is 13.6. The smallest absolute Gasteiger partial charge is 0.169 e. The minimum absolute atomic E-state index is 0.264. The first-order chi connectivity index (χ1) is 8.78. The maximum atomic E-state index is 13.6. The molecule has 1 N–H and O–H groups in total. The zero-order chi connectivity index (χ0) is 12.5. The molecule has 18 heavy (non-hydrogen) atoms. The lowest BCUT2D eigenvalue weighted by molar-refractivity contribution is 0.466. The van der Waals surface area contributed by atoms with Gasteiger partial charge in [0.2, 0.25) is 0 Å². The molecule has 1 fully saturated rings. The molecule has 2 aromatic rings. The Morgan fingerprint density at radius 1 is 1.39 bits per heavy atom. The molecule has 2 unspecified atom stereocenters. The van der Waals surface area contributed by atoms with Gasteiger partial charge >= 0.3 is 0 Å². The predicted octanol–water partition coefficient (Wildman–Crippen LogP) is 3.82. The van der Waals surface area contributed by atoms with Crippen LogP contribution in [0.1, 0.15) is 37.9 Å². The normalized spacial score (nSPS) is 23.9. The van der Waals surface area contributed by atoms with Gasteiger partial charge < -0.3 is 9.73 Å². The number of benzene rings is 1. The Balaban J connectivity index is 1.85. The quantitative estimate of drug-likeness (QED) is 0.892. The fourth-order valence-electron chi connectivity index (χ4n) is 2.96. The van der Waals surface area contributed by atoms with Crippen LogP contribution in [0.4, 0.5) is 4.39 Å². The monoisotopic (exact) mass is 247 g/mol. The summed E-state index contributed by atoms with van der Waals surface area (Å²) in [6.07, 6.45) is 3.40. The molecule has 1 aliphatic carbocycles. The highest BCUT2D eigenvalue weighted by molar-refractivity contribution is 5.78. The van der Waals surface area contributed by atoms with Crippen LogP contribution in [0.2, 0.25) is 0 Å². The second kappa shape index (κ2) is 4.73. The van der Waals surface area contributed by atoms with Gasteiger partial charge in [0, 0.05) is 17.3 Å². The van der Waals surface area contributed by atoms with E-state index in [-0.39, 0.29) is 5.82 Å². The van der Waals surface area contributed by atoms with Crippen LogP contribution < -0.4 is 5.32 Å². The molecule has 0 radical (unpaired) electrons. The summed E-state index contributed by atoms with van der Waals surface area (Å²) in [6.45, 7) is 3.13. The van der Waals surface area contributed by atoms with Crippen LogP contribution >= 0.6 is 0 Å². The van der Waals surface area contributed by atoms with Crippen molar-refractivity contribution in [3.63, 3.8) is 0 Å². The molecular formula is C15H18FNO. The number of fused-ring (bicyclic) bond motifs is 1. The molecule has 3 rings (SSSR count). The number of para-hydroxylation sites is 1. The zero-order valence-corrected chi connectivity index (χ0v) is 10.6. The summed E-state index contributed by atoms with van der Waals surface area (Å²) in [6, 6.07) is 7.66. The highest BCUT2D eigenvalue weighted by Crippen LogP contribution is 2.37. The van der Waals surface area contributed by atoms with E-state index in [4.69, 9.17) is 4.42 Å². The second-order valence-corrected chi connectivity index (χ2v) is 5.07. The fraction of sp³-hybridized carbons (Fsp3) is 0.467. The second-order valence-electron chi connectivity index (χ2n) is 5.07. The molecule has 1 aromatic carbocycles. The van der Waals surface area contributed by atoms with Crippen LogP contribution in [0, 0.1) is 5.82 Å². The first-order valence-electron chi connectivity index (χ1n) is 6.69. The van der Waals surface area contributed by atoms with Crippen molar-refractivity contribution in [3.8, 4) is 0 Å². The largest absolute Gasteiger partial charge is 0.458 e. The van der Waals surface area contributed by atoms with Gasteiger partial charge in [0.05, 0.1) is 0 Å². The summed E-state index contributed by atoms with van der Waals surface area (Å²) < 4.78 is 19.3. The van der Waals surface area contributed by atoms with Crippen LogP contribution in [-0.4, -0.2) is 12.6 Å². The van der Waals surface area contributed by atoms with Gasteiger partial charge in [-0.25, -0.2) is 4.39 Å². The molecule has 1 aliphatic rings. The van der Waals surface area contributed by atoms with E-state index in [1.165, 1.54) is 12.5 Å². The van der Waals surface area contributed by atoms with Crippen molar-refractivity contribution in [2.75, 3.05) is 6.54 Å². The molecule has 0 amide bonds. The van der Waals surface area contributed by atoms with E-state index in [2.05, 4.69) is 12.2 Å². The molecule has 0 aliphatic heterocycles. The first kappa shape index (κ1) is 11.7.